The number of guanidine groups is 1. The maximum absolute atomic E-state index is 11.5. The fourth-order valence-electron chi connectivity index (χ4n) is 1.99. The van der Waals surface area contributed by atoms with Crippen LogP contribution in [0.25, 0.3) is 0 Å². The van der Waals surface area contributed by atoms with Gasteiger partial charge in [-0.3, -0.25) is 9.79 Å². The van der Waals surface area contributed by atoms with Crippen LogP contribution in [0.5, 0.6) is 0 Å². The quantitative estimate of drug-likeness (QED) is 0.238. The molecule has 8 heteroatoms. The number of ether oxygens (including phenoxy) is 2. The molecular weight excluding hydrogens is 387 g/mol. The minimum absolute atomic E-state index is 0. The number of rotatable bonds is 7. The van der Waals surface area contributed by atoms with E-state index in [0.717, 1.165) is 19.4 Å². The number of carbonyl (C=O) groups is 1. The first-order chi connectivity index (χ1) is 9.59. The molecule has 3 N–H and O–H groups in total. The fraction of sp³-hybridized carbons (Fsp3) is 0.846. The number of hydrogen-bond donors (Lipinski definition) is 3. The van der Waals surface area contributed by atoms with Crippen LogP contribution < -0.4 is 16.0 Å². The number of hydrogen-bond acceptors (Lipinski definition) is 4. The molecule has 1 amide bonds. The first-order valence-electron chi connectivity index (χ1n) is 6.94. The van der Waals surface area contributed by atoms with Gasteiger partial charge in [0.05, 0.1) is 18.8 Å². The number of amides is 1. The lowest BCUT2D eigenvalue weighted by atomic mass is 10.0. The van der Waals surface area contributed by atoms with Crippen LogP contribution in [0.2, 0.25) is 0 Å². The van der Waals surface area contributed by atoms with Crippen LogP contribution in [0.3, 0.4) is 0 Å². The maximum Gasteiger partial charge on any atom is 0.239 e. The van der Waals surface area contributed by atoms with E-state index in [1.54, 1.807) is 14.2 Å². The minimum Gasteiger partial charge on any atom is -0.383 e. The van der Waals surface area contributed by atoms with Crippen LogP contribution in [0.1, 0.15) is 19.8 Å². The Morgan fingerprint density at radius 3 is 2.71 bits per heavy atom. The lowest BCUT2D eigenvalue weighted by Crippen LogP contribution is -2.48. The Hall–Kier alpha value is -0.610. The average Bonchev–Trinajstić information content (AvgIpc) is 2.86. The van der Waals surface area contributed by atoms with Crippen molar-refractivity contribution in [1.29, 1.82) is 0 Å². The minimum atomic E-state index is -0.141. The van der Waals surface area contributed by atoms with Crippen molar-refractivity contribution >= 4 is 35.8 Å². The normalized spacial score (nSPS) is 21.6. The van der Waals surface area contributed by atoms with Gasteiger partial charge in [0.25, 0.3) is 0 Å². The monoisotopic (exact) mass is 414 g/mol. The Balaban J connectivity index is 0.00000400. The number of halogens is 1. The van der Waals surface area contributed by atoms with E-state index in [2.05, 4.69) is 27.9 Å². The zero-order valence-electron chi connectivity index (χ0n) is 13.0. The van der Waals surface area contributed by atoms with Gasteiger partial charge < -0.3 is 25.4 Å². The van der Waals surface area contributed by atoms with Crippen LogP contribution in [0.15, 0.2) is 4.99 Å². The Labute approximate surface area is 143 Å². The van der Waals surface area contributed by atoms with Crippen LogP contribution in [-0.2, 0) is 14.3 Å². The summed E-state index contributed by atoms with van der Waals surface area (Å²) in [4.78, 5) is 15.6. The summed E-state index contributed by atoms with van der Waals surface area (Å²) in [5, 5.41) is 8.89. The van der Waals surface area contributed by atoms with E-state index in [4.69, 9.17) is 9.47 Å². The van der Waals surface area contributed by atoms with Crippen molar-refractivity contribution in [2.24, 2.45) is 4.99 Å². The van der Waals surface area contributed by atoms with Gasteiger partial charge >= 0.3 is 0 Å². The van der Waals surface area contributed by atoms with E-state index >= 15 is 0 Å². The van der Waals surface area contributed by atoms with Crippen molar-refractivity contribution in [1.82, 2.24) is 16.0 Å². The summed E-state index contributed by atoms with van der Waals surface area (Å²) >= 11 is 0. The average molecular weight is 414 g/mol. The number of aliphatic imine (C=N–C) groups is 1. The molecule has 1 aliphatic rings. The van der Waals surface area contributed by atoms with Gasteiger partial charge in [-0.05, 0) is 19.8 Å². The molecule has 124 valence electrons. The summed E-state index contributed by atoms with van der Waals surface area (Å²) in [7, 11) is 3.28. The summed E-state index contributed by atoms with van der Waals surface area (Å²) in [6.45, 7) is 4.77. The Morgan fingerprint density at radius 2 is 2.14 bits per heavy atom. The molecule has 1 atom stereocenters. The molecule has 1 unspecified atom stereocenters. The summed E-state index contributed by atoms with van der Waals surface area (Å²) in [5.41, 5.74) is -0.141. The van der Waals surface area contributed by atoms with Crippen molar-refractivity contribution in [3.05, 3.63) is 0 Å². The Bertz CT molecular complexity index is 333. The summed E-state index contributed by atoms with van der Waals surface area (Å²) < 4.78 is 10.5. The topological polar surface area (TPSA) is 84.0 Å². The van der Waals surface area contributed by atoms with Gasteiger partial charge in [0, 0.05) is 33.9 Å². The second kappa shape index (κ2) is 11.0. The predicted octanol–water partition coefficient (Wildman–Crippen LogP) is 0.101. The van der Waals surface area contributed by atoms with Crippen molar-refractivity contribution in [2.75, 3.05) is 47.0 Å². The molecule has 1 aliphatic heterocycles. The highest BCUT2D eigenvalue weighted by molar-refractivity contribution is 14.0. The number of methoxy groups -OCH3 is 1. The molecule has 1 fully saturated rings. The molecular formula is C13H27IN4O3. The fourth-order valence-corrected chi connectivity index (χ4v) is 1.99. The zero-order chi connectivity index (χ0) is 14.8. The van der Waals surface area contributed by atoms with E-state index in [1.807, 2.05) is 0 Å². The van der Waals surface area contributed by atoms with Gasteiger partial charge in [-0.2, -0.15) is 0 Å². The van der Waals surface area contributed by atoms with Crippen molar-refractivity contribution in [2.45, 2.75) is 25.4 Å². The lowest BCUT2D eigenvalue weighted by Gasteiger charge is -2.24. The molecule has 0 bridgehead atoms. The first kappa shape index (κ1) is 20.4. The number of carbonyl (C=O) groups excluding carboxylic acids is 1. The highest BCUT2D eigenvalue weighted by Crippen LogP contribution is 2.23. The number of nitrogens with one attached hydrogen (secondary N) is 3. The molecule has 0 aromatic carbocycles. The van der Waals surface area contributed by atoms with Crippen molar-refractivity contribution in [3.8, 4) is 0 Å². The molecule has 0 aromatic heterocycles. The van der Waals surface area contributed by atoms with Gasteiger partial charge in [0.15, 0.2) is 5.96 Å². The molecule has 1 saturated heterocycles. The van der Waals surface area contributed by atoms with E-state index in [9.17, 15) is 4.79 Å². The van der Waals surface area contributed by atoms with Crippen LogP contribution >= 0.6 is 24.0 Å². The van der Waals surface area contributed by atoms with Gasteiger partial charge in [0.2, 0.25) is 5.91 Å². The van der Waals surface area contributed by atoms with Gasteiger partial charge in [-0.1, -0.05) is 0 Å². The molecule has 0 aromatic rings. The molecule has 1 heterocycles. The van der Waals surface area contributed by atoms with Gasteiger partial charge in [-0.15, -0.1) is 24.0 Å². The first-order valence-corrected chi connectivity index (χ1v) is 6.94. The predicted molar refractivity (Wildman–Crippen MR) is 93.3 cm³/mol. The highest BCUT2D eigenvalue weighted by Gasteiger charge is 2.29. The Kier molecular flexibility index (Phi) is 10.7. The third-order valence-corrected chi connectivity index (χ3v) is 3.20. The second-order valence-electron chi connectivity index (χ2n) is 5.02. The van der Waals surface area contributed by atoms with Crippen molar-refractivity contribution < 1.29 is 14.3 Å². The molecule has 1 rings (SSSR count). The Morgan fingerprint density at radius 1 is 1.38 bits per heavy atom. The van der Waals surface area contributed by atoms with Gasteiger partial charge in [-0.25, -0.2) is 0 Å². The molecule has 0 saturated carbocycles. The van der Waals surface area contributed by atoms with Gasteiger partial charge in [0.1, 0.15) is 0 Å². The third-order valence-electron chi connectivity index (χ3n) is 3.20. The summed E-state index contributed by atoms with van der Waals surface area (Å²) in [5.74, 6) is 0.511. The molecule has 21 heavy (non-hydrogen) atoms. The lowest BCUT2D eigenvalue weighted by molar-refractivity contribution is -0.120. The van der Waals surface area contributed by atoms with E-state index in [0.29, 0.717) is 25.7 Å². The third kappa shape index (κ3) is 8.42. The van der Waals surface area contributed by atoms with Crippen molar-refractivity contribution in [3.63, 3.8) is 0 Å². The number of nitrogens with zero attached hydrogens (tertiary/aromatic N) is 1. The maximum atomic E-state index is 11.5. The summed E-state index contributed by atoms with van der Waals surface area (Å²) in [6, 6.07) is 0. The summed E-state index contributed by atoms with van der Waals surface area (Å²) in [6.07, 6.45) is 2.13. The van der Waals surface area contributed by atoms with Crippen LogP contribution in [-0.4, -0.2) is 64.5 Å². The zero-order valence-corrected chi connectivity index (χ0v) is 15.4. The largest absolute Gasteiger partial charge is 0.383 e. The second-order valence-corrected chi connectivity index (χ2v) is 5.02. The smallest absolute Gasteiger partial charge is 0.239 e. The van der Waals surface area contributed by atoms with E-state index in [-0.39, 0.29) is 42.0 Å². The molecule has 0 aliphatic carbocycles. The standard InChI is InChI=1S/C13H26N4O3.HI/c1-13(5-4-7-20-13)10-17-12(14-2)16-9-11(18)15-6-8-19-3;/h4-10H2,1-3H3,(H,15,18)(H2,14,16,17);1H. The van der Waals surface area contributed by atoms with E-state index < -0.39 is 0 Å². The highest BCUT2D eigenvalue weighted by atomic mass is 127. The van der Waals surface area contributed by atoms with Crippen LogP contribution in [0, 0.1) is 0 Å². The van der Waals surface area contributed by atoms with Crippen LogP contribution in [0.4, 0.5) is 0 Å². The molecule has 0 radical (unpaired) electrons. The van der Waals surface area contributed by atoms with E-state index in [1.165, 1.54) is 0 Å². The SMILES string of the molecule is CN=C(NCC(=O)NCCOC)NCC1(C)CCCO1.I. The molecule has 0 spiro atoms. The molecule has 7 nitrogen and oxygen atoms in total.